The van der Waals surface area contributed by atoms with Gasteiger partial charge in [0, 0.05) is 5.69 Å². The molecule has 0 spiro atoms. The Morgan fingerprint density at radius 2 is 1.81 bits per heavy atom. The Hall–Kier alpha value is -0.910. The molecule has 1 saturated heterocycles. The van der Waals surface area contributed by atoms with E-state index < -0.39 is 16.5 Å². The molecule has 1 aliphatic heterocycles. The molecule has 0 bridgehead atoms. The highest BCUT2D eigenvalue weighted by Crippen LogP contribution is 2.27. The minimum Gasteiger partial charge on any atom is -0.399 e. The molecule has 0 saturated carbocycles. The molecule has 0 amide bonds. The molecule has 5 heteroatoms. The molecule has 2 atom stereocenters. The van der Waals surface area contributed by atoms with E-state index in [1.54, 1.807) is 12.1 Å². The predicted molar refractivity (Wildman–Crippen MR) is 65.2 cm³/mol. The first-order valence-corrected chi connectivity index (χ1v) is 6.54. The largest absolute Gasteiger partial charge is 0.399 e. The molecule has 88 valence electrons. The monoisotopic (exact) mass is 240 g/mol. The Morgan fingerprint density at radius 1 is 1.25 bits per heavy atom. The number of hydrogen-bond acceptors (Lipinski definition) is 3. The van der Waals surface area contributed by atoms with Crippen LogP contribution in [0.3, 0.4) is 0 Å². The third kappa shape index (κ3) is 2.42. The molecular formula is C11H16N2O2S. The summed E-state index contributed by atoms with van der Waals surface area (Å²) in [5, 5.41) is -0.414. The van der Waals surface area contributed by atoms with Crippen LogP contribution in [0.4, 0.5) is 5.69 Å². The van der Waals surface area contributed by atoms with Gasteiger partial charge < -0.3 is 10.3 Å². The molecule has 3 N–H and O–H groups in total. The maximum absolute atomic E-state index is 11.4. The quantitative estimate of drug-likeness (QED) is 0.622. The molecule has 0 aliphatic carbocycles. The van der Waals surface area contributed by atoms with Gasteiger partial charge in [-0.25, -0.2) is 4.21 Å². The van der Waals surface area contributed by atoms with Crippen LogP contribution < -0.4 is 5.73 Å². The van der Waals surface area contributed by atoms with Crippen LogP contribution in [0.2, 0.25) is 0 Å². The molecular weight excluding hydrogens is 224 g/mol. The number of hydrogen-bond donors (Lipinski definition) is 2. The summed E-state index contributed by atoms with van der Waals surface area (Å²) < 4.78 is 20.8. The van der Waals surface area contributed by atoms with Crippen molar-refractivity contribution < 1.29 is 8.76 Å². The zero-order valence-electron chi connectivity index (χ0n) is 9.00. The van der Waals surface area contributed by atoms with E-state index in [1.165, 1.54) is 0 Å². The normalized spacial score (nSPS) is 20.8. The van der Waals surface area contributed by atoms with E-state index in [9.17, 15) is 8.76 Å². The number of anilines is 1. The zero-order chi connectivity index (χ0) is 11.5. The van der Waals surface area contributed by atoms with Gasteiger partial charge in [-0.2, -0.15) is 0 Å². The van der Waals surface area contributed by atoms with E-state index in [1.807, 2.05) is 12.1 Å². The van der Waals surface area contributed by atoms with Crippen molar-refractivity contribution in [2.75, 3.05) is 18.8 Å². The van der Waals surface area contributed by atoms with Crippen molar-refractivity contribution in [3.05, 3.63) is 29.8 Å². The zero-order valence-corrected chi connectivity index (χ0v) is 9.82. The first-order chi connectivity index (χ1) is 7.68. The number of nitrogens with zero attached hydrogens (tertiary/aromatic N) is 1. The lowest BCUT2D eigenvalue weighted by Crippen LogP contribution is -2.28. The van der Waals surface area contributed by atoms with Crippen LogP contribution in [0.1, 0.15) is 23.8 Å². The molecule has 1 heterocycles. The van der Waals surface area contributed by atoms with E-state index >= 15 is 0 Å². The van der Waals surface area contributed by atoms with Crippen molar-refractivity contribution in [3.63, 3.8) is 0 Å². The summed E-state index contributed by atoms with van der Waals surface area (Å²) in [5.41, 5.74) is 7.14. The SMILES string of the molecule is Nc1ccc(C(N2CCCC2)S(=O)O)cc1. The maximum atomic E-state index is 11.4. The highest BCUT2D eigenvalue weighted by Gasteiger charge is 2.27. The molecule has 1 aliphatic rings. The molecule has 1 aromatic carbocycles. The summed E-state index contributed by atoms with van der Waals surface area (Å²) in [5.74, 6) is 0. The standard InChI is InChI=1S/C11H16N2O2S/c12-10-5-3-9(4-6-10)11(16(14)15)13-7-1-2-8-13/h3-6,11H,1-2,7-8,12H2,(H,14,15). The molecule has 0 radical (unpaired) electrons. The Bertz CT molecular complexity index is 374. The average molecular weight is 240 g/mol. The van der Waals surface area contributed by atoms with Gasteiger partial charge in [0.25, 0.3) is 0 Å². The lowest BCUT2D eigenvalue weighted by molar-refractivity contribution is 0.304. The molecule has 1 fully saturated rings. The van der Waals surface area contributed by atoms with Gasteiger partial charge in [0.05, 0.1) is 0 Å². The molecule has 0 aromatic heterocycles. The van der Waals surface area contributed by atoms with E-state index in [4.69, 9.17) is 5.73 Å². The molecule has 2 rings (SSSR count). The fourth-order valence-electron chi connectivity index (χ4n) is 2.09. The number of nitrogen functional groups attached to an aromatic ring is 1. The Morgan fingerprint density at radius 3 is 2.31 bits per heavy atom. The number of rotatable bonds is 3. The topological polar surface area (TPSA) is 66.6 Å². The van der Waals surface area contributed by atoms with Gasteiger partial charge >= 0.3 is 0 Å². The summed E-state index contributed by atoms with van der Waals surface area (Å²) in [4.78, 5) is 2.06. The summed E-state index contributed by atoms with van der Waals surface area (Å²) in [6.07, 6.45) is 2.20. The van der Waals surface area contributed by atoms with Gasteiger partial charge in [-0.3, -0.25) is 4.90 Å². The second-order valence-corrected chi connectivity index (χ2v) is 5.04. The third-order valence-electron chi connectivity index (χ3n) is 2.88. The first-order valence-electron chi connectivity index (χ1n) is 5.37. The maximum Gasteiger partial charge on any atom is 0.175 e. The van der Waals surface area contributed by atoms with Crippen molar-refractivity contribution >= 4 is 16.8 Å². The fraction of sp³-hybridized carbons (Fsp3) is 0.455. The van der Waals surface area contributed by atoms with Crippen molar-refractivity contribution in [2.24, 2.45) is 0 Å². The second-order valence-electron chi connectivity index (χ2n) is 4.04. The minimum absolute atomic E-state index is 0.414. The lowest BCUT2D eigenvalue weighted by Gasteiger charge is -2.24. The van der Waals surface area contributed by atoms with Gasteiger partial charge in [-0.15, -0.1) is 0 Å². The lowest BCUT2D eigenvalue weighted by atomic mass is 10.2. The van der Waals surface area contributed by atoms with E-state index in [0.29, 0.717) is 5.69 Å². The molecule has 4 nitrogen and oxygen atoms in total. The van der Waals surface area contributed by atoms with Gasteiger partial charge in [-0.05, 0) is 43.6 Å². The van der Waals surface area contributed by atoms with Crippen LogP contribution in [0.15, 0.2) is 24.3 Å². The second kappa shape index (κ2) is 4.95. The average Bonchev–Trinajstić information content (AvgIpc) is 2.74. The summed E-state index contributed by atoms with van der Waals surface area (Å²) in [6.45, 7) is 1.78. The van der Waals surface area contributed by atoms with Crippen LogP contribution >= 0.6 is 0 Å². The van der Waals surface area contributed by atoms with E-state index in [2.05, 4.69) is 4.90 Å². The van der Waals surface area contributed by atoms with Gasteiger partial charge in [0.2, 0.25) is 0 Å². The molecule has 2 unspecified atom stereocenters. The smallest absolute Gasteiger partial charge is 0.175 e. The van der Waals surface area contributed by atoms with Crippen molar-refractivity contribution in [2.45, 2.75) is 18.2 Å². The van der Waals surface area contributed by atoms with Crippen LogP contribution in [-0.4, -0.2) is 26.8 Å². The predicted octanol–water partition coefficient (Wildman–Crippen LogP) is 1.58. The number of likely N-dealkylation sites (tertiary alicyclic amines) is 1. The van der Waals surface area contributed by atoms with Gasteiger partial charge in [-0.1, -0.05) is 12.1 Å². The number of nitrogens with two attached hydrogens (primary N) is 1. The number of benzene rings is 1. The van der Waals surface area contributed by atoms with Crippen LogP contribution in [-0.2, 0) is 11.1 Å². The van der Waals surface area contributed by atoms with Crippen LogP contribution in [0, 0.1) is 0 Å². The molecule has 1 aromatic rings. The summed E-state index contributed by atoms with van der Waals surface area (Å²) in [6, 6.07) is 7.19. The van der Waals surface area contributed by atoms with E-state index in [-0.39, 0.29) is 0 Å². The highest BCUT2D eigenvalue weighted by molar-refractivity contribution is 7.79. The van der Waals surface area contributed by atoms with Crippen molar-refractivity contribution in [1.82, 2.24) is 4.90 Å². The van der Waals surface area contributed by atoms with Gasteiger partial charge in [0.15, 0.2) is 11.1 Å². The first kappa shape index (κ1) is 11.6. The highest BCUT2D eigenvalue weighted by atomic mass is 32.2. The van der Waals surface area contributed by atoms with Crippen molar-refractivity contribution in [1.29, 1.82) is 0 Å². The minimum atomic E-state index is -1.87. The van der Waals surface area contributed by atoms with Crippen LogP contribution in [0.5, 0.6) is 0 Å². The Labute approximate surface area is 97.7 Å². The van der Waals surface area contributed by atoms with Gasteiger partial charge in [0.1, 0.15) is 5.37 Å². The Balaban J connectivity index is 2.24. The summed E-state index contributed by atoms with van der Waals surface area (Å²) >= 11 is -1.87. The van der Waals surface area contributed by atoms with Crippen LogP contribution in [0.25, 0.3) is 0 Å². The van der Waals surface area contributed by atoms with Crippen molar-refractivity contribution in [3.8, 4) is 0 Å². The third-order valence-corrected chi connectivity index (χ3v) is 3.84. The fourth-order valence-corrected chi connectivity index (χ4v) is 2.95. The molecule has 16 heavy (non-hydrogen) atoms. The van der Waals surface area contributed by atoms with E-state index in [0.717, 1.165) is 31.5 Å². The summed E-state index contributed by atoms with van der Waals surface area (Å²) in [7, 11) is 0. The Kier molecular flexibility index (Phi) is 3.58.